The van der Waals surface area contributed by atoms with Crippen LogP contribution in [-0.2, 0) is 0 Å². The second-order valence-corrected chi connectivity index (χ2v) is 4.92. The molecule has 0 bridgehead atoms. The Bertz CT molecular complexity index is 630. The lowest BCUT2D eigenvalue weighted by Crippen LogP contribution is -2.12. The van der Waals surface area contributed by atoms with Gasteiger partial charge in [-0.1, -0.05) is 6.07 Å². The summed E-state index contributed by atoms with van der Waals surface area (Å²) in [6, 6.07) is 9.47. The minimum absolute atomic E-state index is 0.0463. The van der Waals surface area contributed by atoms with Crippen molar-refractivity contribution < 1.29 is 13.9 Å². The molecule has 0 heterocycles. The molecule has 0 aromatic heterocycles. The summed E-state index contributed by atoms with van der Waals surface area (Å²) in [6.07, 6.45) is 0. The molecule has 0 radical (unpaired) electrons. The van der Waals surface area contributed by atoms with Gasteiger partial charge in [-0.2, -0.15) is 0 Å². The van der Waals surface area contributed by atoms with Crippen molar-refractivity contribution in [3.63, 3.8) is 0 Å². The van der Waals surface area contributed by atoms with Crippen LogP contribution in [0.5, 0.6) is 5.75 Å². The highest BCUT2D eigenvalue weighted by atomic mass is 19.1. The number of benzene rings is 2. The molecular weight excluding hydrogens is 255 g/mol. The molecule has 0 N–H and O–H groups in total. The Hall–Kier alpha value is -2.16. The number of ketones is 1. The third-order valence-electron chi connectivity index (χ3n) is 3.29. The Balaban J connectivity index is 2.09. The zero-order chi connectivity index (χ0) is 14.7. The van der Waals surface area contributed by atoms with E-state index >= 15 is 0 Å². The van der Waals surface area contributed by atoms with E-state index in [9.17, 15) is 9.18 Å². The highest BCUT2D eigenvalue weighted by Gasteiger charge is 2.09. The maximum atomic E-state index is 12.8. The molecule has 2 nitrogen and oxygen atoms in total. The van der Waals surface area contributed by atoms with Crippen LogP contribution in [0.15, 0.2) is 36.4 Å². The van der Waals surface area contributed by atoms with E-state index in [1.807, 2.05) is 26.8 Å². The van der Waals surface area contributed by atoms with Crippen LogP contribution >= 0.6 is 0 Å². The normalized spacial score (nSPS) is 10.4. The topological polar surface area (TPSA) is 26.3 Å². The molecule has 0 saturated carbocycles. The SMILES string of the molecule is Cc1cc(C)c(C)c(OCC(=O)c2ccc(F)cc2)c1. The molecule has 2 aromatic carbocycles. The Kier molecular flexibility index (Phi) is 4.18. The highest BCUT2D eigenvalue weighted by Crippen LogP contribution is 2.23. The largest absolute Gasteiger partial charge is 0.485 e. The monoisotopic (exact) mass is 272 g/mol. The second-order valence-electron chi connectivity index (χ2n) is 4.92. The van der Waals surface area contributed by atoms with Crippen LogP contribution in [0.2, 0.25) is 0 Å². The second kappa shape index (κ2) is 5.87. The van der Waals surface area contributed by atoms with Crippen molar-refractivity contribution in [1.82, 2.24) is 0 Å². The minimum atomic E-state index is -0.354. The number of rotatable bonds is 4. The Morgan fingerprint density at radius 3 is 2.40 bits per heavy atom. The Labute approximate surface area is 118 Å². The summed E-state index contributed by atoms with van der Waals surface area (Å²) in [5, 5.41) is 0. The maximum absolute atomic E-state index is 12.8. The van der Waals surface area contributed by atoms with Gasteiger partial charge in [0.1, 0.15) is 11.6 Å². The van der Waals surface area contributed by atoms with Crippen molar-refractivity contribution >= 4 is 5.78 Å². The highest BCUT2D eigenvalue weighted by molar-refractivity contribution is 5.97. The summed E-state index contributed by atoms with van der Waals surface area (Å²) in [5.74, 6) is 0.203. The molecular formula is C17H17FO2. The smallest absolute Gasteiger partial charge is 0.200 e. The van der Waals surface area contributed by atoms with Gasteiger partial charge in [0.25, 0.3) is 0 Å². The van der Waals surface area contributed by atoms with Gasteiger partial charge in [-0.25, -0.2) is 4.39 Å². The lowest BCUT2D eigenvalue weighted by atomic mass is 10.1. The van der Waals surface area contributed by atoms with E-state index in [0.29, 0.717) is 5.56 Å². The van der Waals surface area contributed by atoms with E-state index in [1.54, 1.807) is 0 Å². The van der Waals surface area contributed by atoms with E-state index in [1.165, 1.54) is 24.3 Å². The fourth-order valence-electron chi connectivity index (χ4n) is 2.01. The van der Waals surface area contributed by atoms with Crippen LogP contribution in [0.3, 0.4) is 0 Å². The van der Waals surface area contributed by atoms with Crippen molar-refractivity contribution in [2.24, 2.45) is 0 Å². The van der Waals surface area contributed by atoms with E-state index < -0.39 is 0 Å². The standard InChI is InChI=1S/C17H17FO2/c1-11-8-12(2)13(3)17(9-11)20-10-16(19)14-4-6-15(18)7-5-14/h4-9H,10H2,1-3H3. The van der Waals surface area contributed by atoms with Crippen molar-refractivity contribution in [3.05, 3.63) is 64.5 Å². The molecule has 0 atom stereocenters. The van der Waals surface area contributed by atoms with Gasteiger partial charge in [0.2, 0.25) is 0 Å². The fraction of sp³-hybridized carbons (Fsp3) is 0.235. The minimum Gasteiger partial charge on any atom is -0.485 e. The van der Waals surface area contributed by atoms with Crippen LogP contribution in [0.1, 0.15) is 27.0 Å². The molecule has 0 aliphatic rings. The van der Waals surface area contributed by atoms with Crippen LogP contribution in [0, 0.1) is 26.6 Å². The van der Waals surface area contributed by atoms with Gasteiger partial charge < -0.3 is 4.74 Å². The van der Waals surface area contributed by atoms with Crippen molar-refractivity contribution in [3.8, 4) is 5.75 Å². The average molecular weight is 272 g/mol. The number of ether oxygens (including phenoxy) is 1. The first-order valence-electron chi connectivity index (χ1n) is 6.47. The molecule has 0 spiro atoms. The molecule has 0 fully saturated rings. The van der Waals surface area contributed by atoms with Crippen molar-refractivity contribution in [2.75, 3.05) is 6.61 Å². The zero-order valence-corrected chi connectivity index (χ0v) is 11.9. The van der Waals surface area contributed by atoms with Gasteiger partial charge in [0.15, 0.2) is 12.4 Å². The average Bonchev–Trinajstić information content (AvgIpc) is 2.41. The van der Waals surface area contributed by atoms with Crippen LogP contribution in [0.25, 0.3) is 0 Å². The summed E-state index contributed by atoms with van der Waals surface area (Å²) < 4.78 is 18.4. The molecule has 20 heavy (non-hydrogen) atoms. The first-order chi connectivity index (χ1) is 9.47. The van der Waals surface area contributed by atoms with Crippen LogP contribution in [0.4, 0.5) is 4.39 Å². The molecule has 0 aliphatic carbocycles. The van der Waals surface area contributed by atoms with Gasteiger partial charge in [-0.15, -0.1) is 0 Å². The number of aryl methyl sites for hydroxylation is 2. The van der Waals surface area contributed by atoms with Gasteiger partial charge >= 0.3 is 0 Å². The molecule has 3 heteroatoms. The number of hydrogen-bond acceptors (Lipinski definition) is 2. The molecule has 0 amide bonds. The number of carbonyl (C=O) groups is 1. The number of halogens is 1. The van der Waals surface area contributed by atoms with Crippen molar-refractivity contribution in [1.29, 1.82) is 0 Å². The van der Waals surface area contributed by atoms with Gasteiger partial charge in [-0.05, 0) is 67.8 Å². The van der Waals surface area contributed by atoms with E-state index in [2.05, 4.69) is 6.07 Å². The summed E-state index contributed by atoms with van der Waals surface area (Å²) in [7, 11) is 0. The lowest BCUT2D eigenvalue weighted by Gasteiger charge is -2.12. The third kappa shape index (κ3) is 3.23. The van der Waals surface area contributed by atoms with Crippen molar-refractivity contribution in [2.45, 2.75) is 20.8 Å². The van der Waals surface area contributed by atoms with E-state index in [-0.39, 0.29) is 18.2 Å². The van der Waals surface area contributed by atoms with E-state index in [4.69, 9.17) is 4.74 Å². The van der Waals surface area contributed by atoms with Gasteiger partial charge in [0.05, 0.1) is 0 Å². The van der Waals surface area contributed by atoms with Gasteiger partial charge in [-0.3, -0.25) is 4.79 Å². The number of carbonyl (C=O) groups excluding carboxylic acids is 1. The van der Waals surface area contributed by atoms with Crippen LogP contribution in [-0.4, -0.2) is 12.4 Å². The summed E-state index contributed by atoms with van der Waals surface area (Å²) in [6.45, 7) is 5.92. The Morgan fingerprint density at radius 2 is 1.75 bits per heavy atom. The molecule has 2 aromatic rings. The predicted molar refractivity (Wildman–Crippen MR) is 76.9 cm³/mol. The first kappa shape index (κ1) is 14.3. The third-order valence-corrected chi connectivity index (χ3v) is 3.29. The Morgan fingerprint density at radius 1 is 1.10 bits per heavy atom. The molecule has 104 valence electrons. The molecule has 0 saturated heterocycles. The van der Waals surface area contributed by atoms with Crippen LogP contribution < -0.4 is 4.74 Å². The predicted octanol–water partition coefficient (Wildman–Crippen LogP) is 4.01. The quantitative estimate of drug-likeness (QED) is 0.786. The number of Topliss-reactive ketones (excluding diaryl/α,β-unsaturated/α-hetero) is 1. The van der Waals surface area contributed by atoms with E-state index in [0.717, 1.165) is 22.4 Å². The zero-order valence-electron chi connectivity index (χ0n) is 11.9. The van der Waals surface area contributed by atoms with Gasteiger partial charge in [0, 0.05) is 5.56 Å². The number of hydrogen-bond donors (Lipinski definition) is 0. The summed E-state index contributed by atoms with van der Waals surface area (Å²) in [5.41, 5.74) is 3.71. The maximum Gasteiger partial charge on any atom is 0.200 e. The molecule has 2 rings (SSSR count). The molecule has 0 aliphatic heterocycles. The summed E-state index contributed by atoms with van der Waals surface area (Å²) >= 11 is 0. The lowest BCUT2D eigenvalue weighted by molar-refractivity contribution is 0.0921. The fourth-order valence-corrected chi connectivity index (χ4v) is 2.01. The summed E-state index contributed by atoms with van der Waals surface area (Å²) in [4.78, 5) is 12.0. The molecule has 0 unspecified atom stereocenters. The first-order valence-corrected chi connectivity index (χ1v) is 6.47.